The molecule has 46 valence electrons. The van der Waals surface area contributed by atoms with Gasteiger partial charge in [-0.15, -0.1) is 6.58 Å². The van der Waals surface area contributed by atoms with Crippen LogP contribution in [0.25, 0.3) is 0 Å². The van der Waals surface area contributed by atoms with Crippen molar-refractivity contribution in [3.63, 3.8) is 0 Å². The van der Waals surface area contributed by atoms with Crippen LogP contribution in [0.2, 0.25) is 0 Å². The average molecular weight is 113 g/mol. The molecule has 0 aromatic carbocycles. The van der Waals surface area contributed by atoms with Crippen molar-refractivity contribution < 1.29 is 5.11 Å². The summed E-state index contributed by atoms with van der Waals surface area (Å²) in [5, 5.41) is 11.3. The third kappa shape index (κ3) is 3.90. The highest BCUT2D eigenvalue weighted by molar-refractivity contribution is 6.12. The van der Waals surface area contributed by atoms with Crippen molar-refractivity contribution in [1.82, 2.24) is 5.32 Å². The summed E-state index contributed by atoms with van der Waals surface area (Å²) in [5.41, 5.74) is 0. The molecule has 0 heterocycles. The Morgan fingerprint density at radius 1 is 1.88 bits per heavy atom. The van der Waals surface area contributed by atoms with E-state index in [1.807, 2.05) is 7.85 Å². The van der Waals surface area contributed by atoms with Crippen molar-refractivity contribution in [2.24, 2.45) is 0 Å². The molecule has 0 aliphatic rings. The number of nitrogens with one attached hydrogen (secondary N) is 1. The monoisotopic (exact) mass is 113 g/mol. The zero-order valence-corrected chi connectivity index (χ0v) is 5.22. The number of rotatable bonds is 4. The first-order chi connectivity index (χ1) is 3.81. The minimum atomic E-state index is 0.193. The van der Waals surface area contributed by atoms with Crippen molar-refractivity contribution in [1.29, 1.82) is 0 Å². The average Bonchev–Trinajstić information content (AvgIpc) is 1.83. The normalized spacial score (nSPS) is 13.1. The second-order valence-electron chi connectivity index (χ2n) is 1.70. The molecular weight excluding hydrogens is 101 g/mol. The molecule has 0 aromatic rings. The molecule has 0 bridgehead atoms. The molecule has 0 aliphatic carbocycles. The third-order valence-electron chi connectivity index (χ3n) is 0.932. The molecule has 0 rings (SSSR count). The molecule has 2 nitrogen and oxygen atoms in total. The Morgan fingerprint density at radius 3 is 2.88 bits per heavy atom. The first-order valence-corrected chi connectivity index (χ1v) is 2.78. The van der Waals surface area contributed by atoms with Gasteiger partial charge in [-0.3, -0.25) is 0 Å². The molecule has 0 spiro atoms. The van der Waals surface area contributed by atoms with E-state index < -0.39 is 0 Å². The molecule has 0 saturated heterocycles. The van der Waals surface area contributed by atoms with Gasteiger partial charge in [-0.1, -0.05) is 6.08 Å². The van der Waals surface area contributed by atoms with Crippen LogP contribution < -0.4 is 5.32 Å². The summed E-state index contributed by atoms with van der Waals surface area (Å²) in [4.78, 5) is 0. The fourth-order valence-corrected chi connectivity index (χ4v) is 0.376. The lowest BCUT2D eigenvalue weighted by Gasteiger charge is -2.04. The molecule has 0 aromatic heterocycles. The van der Waals surface area contributed by atoms with Crippen molar-refractivity contribution in [3.05, 3.63) is 12.7 Å². The molecule has 3 heteroatoms. The van der Waals surface area contributed by atoms with Gasteiger partial charge in [0.05, 0.1) is 6.61 Å². The lowest BCUT2D eigenvalue weighted by atomic mass is 9.97. The smallest absolute Gasteiger partial charge is 0.128 e. The first-order valence-electron chi connectivity index (χ1n) is 2.78. The molecule has 0 radical (unpaired) electrons. The molecule has 0 amide bonds. The van der Waals surface area contributed by atoms with Crippen LogP contribution in [0.1, 0.15) is 0 Å². The van der Waals surface area contributed by atoms with Crippen LogP contribution in [0.5, 0.6) is 0 Å². The van der Waals surface area contributed by atoms with Gasteiger partial charge < -0.3 is 10.4 Å². The van der Waals surface area contributed by atoms with E-state index in [9.17, 15) is 0 Å². The van der Waals surface area contributed by atoms with Gasteiger partial charge in [0.1, 0.15) is 7.85 Å². The molecule has 2 N–H and O–H groups in total. The topological polar surface area (TPSA) is 32.3 Å². The zero-order valence-electron chi connectivity index (χ0n) is 5.22. The van der Waals surface area contributed by atoms with Crippen molar-refractivity contribution in [2.75, 3.05) is 13.2 Å². The van der Waals surface area contributed by atoms with Gasteiger partial charge in [0.25, 0.3) is 0 Å². The Bertz CT molecular complexity index is 67.4. The predicted octanol–water partition coefficient (Wildman–Crippen LogP) is -1.29. The summed E-state index contributed by atoms with van der Waals surface area (Å²) in [6.45, 7) is 4.41. The van der Waals surface area contributed by atoms with Crippen molar-refractivity contribution in [2.45, 2.75) is 5.94 Å². The summed E-state index contributed by atoms with van der Waals surface area (Å²) in [7, 11) is 1.99. The van der Waals surface area contributed by atoms with Crippen molar-refractivity contribution in [3.8, 4) is 0 Å². The minimum Gasteiger partial charge on any atom is -0.395 e. The van der Waals surface area contributed by atoms with Gasteiger partial charge in [-0.25, -0.2) is 0 Å². The van der Waals surface area contributed by atoms with E-state index in [0.29, 0.717) is 12.5 Å². The highest BCUT2D eigenvalue weighted by Gasteiger charge is 1.89. The first kappa shape index (κ1) is 7.72. The second-order valence-corrected chi connectivity index (χ2v) is 1.70. The van der Waals surface area contributed by atoms with Gasteiger partial charge in [0.2, 0.25) is 0 Å². The number of aliphatic hydroxyl groups is 1. The predicted molar refractivity (Wildman–Crippen MR) is 37.6 cm³/mol. The molecule has 0 saturated carbocycles. The second kappa shape index (κ2) is 4.87. The summed E-state index contributed by atoms with van der Waals surface area (Å²) in [5.74, 6) is 0.308. The van der Waals surface area contributed by atoms with Crippen LogP contribution >= 0.6 is 0 Å². The van der Waals surface area contributed by atoms with Gasteiger partial charge in [-0.05, 0) is 5.94 Å². The Balaban J connectivity index is 2.98. The lowest BCUT2D eigenvalue weighted by molar-refractivity contribution is 0.293. The standard InChI is InChI=1S/C5H12BNO/c1-2-5(6)7-3-4-8/h2,5,7-8H,1,3-4,6H2/t5-/m0/s1. The molecule has 0 unspecified atom stereocenters. The number of hydrogen-bond donors (Lipinski definition) is 2. The summed E-state index contributed by atoms with van der Waals surface area (Å²) in [6, 6.07) is 0. The Hall–Kier alpha value is -0.275. The van der Waals surface area contributed by atoms with Gasteiger partial charge in [0, 0.05) is 6.54 Å². The molecule has 8 heavy (non-hydrogen) atoms. The maximum absolute atomic E-state index is 8.31. The Morgan fingerprint density at radius 2 is 2.50 bits per heavy atom. The van der Waals surface area contributed by atoms with E-state index in [1.54, 1.807) is 6.08 Å². The van der Waals surface area contributed by atoms with E-state index in [2.05, 4.69) is 11.9 Å². The van der Waals surface area contributed by atoms with Crippen molar-refractivity contribution >= 4 is 7.85 Å². The quantitative estimate of drug-likeness (QED) is 0.351. The molecular formula is C5H12BNO. The molecule has 0 fully saturated rings. The lowest BCUT2D eigenvalue weighted by Crippen LogP contribution is -2.29. The third-order valence-corrected chi connectivity index (χ3v) is 0.932. The fourth-order valence-electron chi connectivity index (χ4n) is 0.376. The van der Waals surface area contributed by atoms with E-state index in [-0.39, 0.29) is 6.61 Å². The summed E-state index contributed by atoms with van der Waals surface area (Å²) < 4.78 is 0. The van der Waals surface area contributed by atoms with E-state index in [0.717, 1.165) is 0 Å². The van der Waals surface area contributed by atoms with E-state index in [1.165, 1.54) is 0 Å². The van der Waals surface area contributed by atoms with Crippen LogP contribution in [0.4, 0.5) is 0 Å². The van der Waals surface area contributed by atoms with E-state index >= 15 is 0 Å². The molecule has 0 aliphatic heterocycles. The van der Waals surface area contributed by atoms with Crippen LogP contribution in [0.3, 0.4) is 0 Å². The Labute approximate surface area is 51.0 Å². The highest BCUT2D eigenvalue weighted by Crippen LogP contribution is 1.71. The van der Waals surface area contributed by atoms with Crippen LogP contribution in [-0.4, -0.2) is 32.0 Å². The fraction of sp³-hybridized carbons (Fsp3) is 0.600. The maximum Gasteiger partial charge on any atom is 0.128 e. The van der Waals surface area contributed by atoms with Gasteiger partial charge in [-0.2, -0.15) is 0 Å². The van der Waals surface area contributed by atoms with Crippen LogP contribution in [-0.2, 0) is 0 Å². The van der Waals surface area contributed by atoms with Crippen LogP contribution in [0.15, 0.2) is 12.7 Å². The summed E-state index contributed by atoms with van der Waals surface area (Å²) >= 11 is 0. The van der Waals surface area contributed by atoms with Gasteiger partial charge >= 0.3 is 0 Å². The van der Waals surface area contributed by atoms with Crippen LogP contribution in [0, 0.1) is 0 Å². The SMILES string of the molecule is B[C@H](C=C)NCCO. The van der Waals surface area contributed by atoms with E-state index in [4.69, 9.17) is 5.11 Å². The maximum atomic E-state index is 8.31. The number of hydrogen-bond acceptors (Lipinski definition) is 2. The summed E-state index contributed by atoms with van der Waals surface area (Å²) in [6.07, 6.45) is 1.80. The minimum absolute atomic E-state index is 0.193. The highest BCUT2D eigenvalue weighted by atomic mass is 16.3. The largest absolute Gasteiger partial charge is 0.395 e. The van der Waals surface area contributed by atoms with Gasteiger partial charge in [0.15, 0.2) is 0 Å². The Kier molecular flexibility index (Phi) is 4.71. The number of aliphatic hydroxyl groups excluding tert-OH is 1. The zero-order chi connectivity index (χ0) is 6.41. The molecule has 1 atom stereocenters.